The fourth-order valence-electron chi connectivity index (χ4n) is 6.66. The van der Waals surface area contributed by atoms with Crippen LogP contribution in [0.25, 0.3) is 0 Å². The highest BCUT2D eigenvalue weighted by atomic mass is 19.4. The molecule has 2 aliphatic heterocycles. The molecule has 0 N–H and O–H groups in total. The van der Waals surface area contributed by atoms with E-state index in [1.807, 2.05) is 58.9 Å². The first-order valence-corrected chi connectivity index (χ1v) is 15.6. The van der Waals surface area contributed by atoms with Crippen LogP contribution in [0.1, 0.15) is 95.0 Å². The van der Waals surface area contributed by atoms with Gasteiger partial charge in [-0.05, 0) is 54.7 Å². The Kier molecular flexibility index (Phi) is 10.8. The van der Waals surface area contributed by atoms with E-state index in [9.17, 15) is 22.8 Å². The van der Waals surface area contributed by atoms with Gasteiger partial charge < -0.3 is 23.8 Å². The number of amides is 1. The molecule has 0 unspecified atom stereocenters. The maximum absolute atomic E-state index is 14.5. The van der Waals surface area contributed by atoms with E-state index in [4.69, 9.17) is 18.9 Å². The van der Waals surface area contributed by atoms with Crippen molar-refractivity contribution in [3.63, 3.8) is 0 Å². The Morgan fingerprint density at radius 3 is 2.42 bits per heavy atom. The Balaban J connectivity index is 1.92. The molecule has 0 radical (unpaired) electrons. The fraction of sp³-hybridized carbons (Fsp3) is 0.618. The van der Waals surface area contributed by atoms with Crippen molar-refractivity contribution in [3.05, 3.63) is 58.8 Å². The Morgan fingerprint density at radius 1 is 1.13 bits per heavy atom. The van der Waals surface area contributed by atoms with Gasteiger partial charge in [0, 0.05) is 24.3 Å². The summed E-state index contributed by atoms with van der Waals surface area (Å²) in [4.78, 5) is 33.9. The predicted octanol–water partition coefficient (Wildman–Crippen LogP) is 6.86. The van der Waals surface area contributed by atoms with Crippen LogP contribution >= 0.6 is 0 Å². The van der Waals surface area contributed by atoms with Gasteiger partial charge in [-0.15, -0.1) is 0 Å². The number of carbonyl (C=O) groups excluding carboxylic acids is 2. The van der Waals surface area contributed by atoms with Gasteiger partial charge in [-0.2, -0.15) is 13.2 Å². The maximum atomic E-state index is 14.5. The fourth-order valence-corrected chi connectivity index (χ4v) is 6.66. The number of hydrogen-bond acceptors (Lipinski definition) is 7. The number of esters is 1. The number of rotatable bonds is 9. The number of nitrogens with zero attached hydrogens (tertiary/aromatic N) is 2. The lowest BCUT2D eigenvalue weighted by molar-refractivity contribution is -0.162. The van der Waals surface area contributed by atoms with Crippen LogP contribution in [0.2, 0.25) is 0 Å². The van der Waals surface area contributed by atoms with Crippen LogP contribution in [0.3, 0.4) is 0 Å². The van der Waals surface area contributed by atoms with Crippen molar-refractivity contribution in [2.45, 2.75) is 104 Å². The molecule has 2 aromatic rings. The Labute approximate surface area is 263 Å². The van der Waals surface area contributed by atoms with E-state index in [1.165, 1.54) is 7.11 Å². The molecule has 5 atom stereocenters. The lowest BCUT2D eigenvalue weighted by Crippen LogP contribution is -2.51. The molecule has 0 saturated carbocycles. The topological polar surface area (TPSA) is 87.2 Å². The van der Waals surface area contributed by atoms with Crippen molar-refractivity contribution in [1.82, 2.24) is 9.88 Å². The van der Waals surface area contributed by atoms with E-state index in [2.05, 4.69) is 4.98 Å². The number of ether oxygens (including phenoxy) is 4. The van der Waals surface area contributed by atoms with Gasteiger partial charge in [0.05, 0.1) is 38.0 Å². The predicted molar refractivity (Wildman–Crippen MR) is 161 cm³/mol. The minimum Gasteiger partial charge on any atom is -0.481 e. The van der Waals surface area contributed by atoms with Gasteiger partial charge in [-0.1, -0.05) is 58.9 Å². The molecule has 11 heteroatoms. The third-order valence-electron chi connectivity index (χ3n) is 8.66. The average Bonchev–Trinajstić information content (AvgIpc) is 3.35. The lowest BCUT2D eigenvalue weighted by atomic mass is 9.73. The molecular weight excluding hydrogens is 589 g/mol. The highest BCUT2D eigenvalue weighted by Gasteiger charge is 2.60. The minimum absolute atomic E-state index is 0.00193. The van der Waals surface area contributed by atoms with Crippen LogP contribution in [-0.4, -0.2) is 60.3 Å². The van der Waals surface area contributed by atoms with Crippen LogP contribution in [0.5, 0.6) is 5.88 Å². The number of likely N-dealkylation sites (tertiary alicyclic amines) is 1. The zero-order valence-corrected chi connectivity index (χ0v) is 27.1. The quantitative estimate of drug-likeness (QED) is 0.279. The molecule has 1 aromatic carbocycles. The molecule has 2 saturated heterocycles. The number of carbonyl (C=O) groups is 2. The summed E-state index contributed by atoms with van der Waals surface area (Å²) in [5, 5.41) is 0. The van der Waals surface area contributed by atoms with Crippen molar-refractivity contribution in [2.75, 3.05) is 20.3 Å². The summed E-state index contributed by atoms with van der Waals surface area (Å²) in [7, 11) is 1.33. The number of benzene rings is 1. The zero-order valence-electron chi connectivity index (χ0n) is 27.1. The van der Waals surface area contributed by atoms with E-state index in [1.54, 1.807) is 11.8 Å². The monoisotopic (exact) mass is 634 g/mol. The van der Waals surface area contributed by atoms with Crippen molar-refractivity contribution < 1.29 is 41.7 Å². The largest absolute Gasteiger partial charge is 0.481 e. The first-order chi connectivity index (χ1) is 21.2. The van der Waals surface area contributed by atoms with Crippen molar-refractivity contribution >= 4 is 11.9 Å². The van der Waals surface area contributed by atoms with Crippen LogP contribution in [0, 0.1) is 11.3 Å². The van der Waals surface area contributed by atoms with Gasteiger partial charge >= 0.3 is 12.1 Å². The summed E-state index contributed by atoms with van der Waals surface area (Å²) >= 11 is 0. The number of methoxy groups -OCH3 is 1. The van der Waals surface area contributed by atoms with Crippen LogP contribution in [0.15, 0.2) is 36.5 Å². The first-order valence-electron chi connectivity index (χ1n) is 15.6. The second-order valence-corrected chi connectivity index (χ2v) is 13.1. The highest BCUT2D eigenvalue weighted by Crippen LogP contribution is 2.51. The first kappa shape index (κ1) is 34.7. The molecule has 0 aliphatic carbocycles. The summed E-state index contributed by atoms with van der Waals surface area (Å²) in [6.07, 6.45) is -3.28. The molecule has 2 aliphatic rings. The summed E-state index contributed by atoms with van der Waals surface area (Å²) in [5.41, 5.74) is 0.332. The third-order valence-corrected chi connectivity index (χ3v) is 8.66. The van der Waals surface area contributed by atoms with Gasteiger partial charge in [0.15, 0.2) is 0 Å². The van der Waals surface area contributed by atoms with Crippen molar-refractivity contribution in [1.29, 1.82) is 0 Å². The summed E-state index contributed by atoms with van der Waals surface area (Å²) in [6, 6.07) is 6.89. The molecular formula is C34H45F3N2O6. The van der Waals surface area contributed by atoms with Crippen molar-refractivity contribution in [2.24, 2.45) is 11.3 Å². The van der Waals surface area contributed by atoms with Gasteiger partial charge in [0.25, 0.3) is 5.91 Å². The Bertz CT molecular complexity index is 1340. The summed E-state index contributed by atoms with van der Waals surface area (Å²) in [6.45, 7) is 11.9. The number of pyridine rings is 1. The number of aromatic nitrogens is 1. The minimum atomic E-state index is -4.62. The standard InChI is InChI=1S/C34H45F3N2O6/c1-8-43-32(41)28-26(33(4,5)6)29(45-19-21-17-22(34(35,36)37)18-38-30(21)42-7)27(24-14-10-9-13-23(24)20(2)3)39(28)31(40)25-15-11-12-16-44-25/h9-10,13-14,17-18,20,25-29H,8,11-12,15-16,19H2,1-7H3/t25-,26-,27+,28+,29+/m1/s1. The maximum Gasteiger partial charge on any atom is 0.417 e. The molecule has 8 nitrogen and oxygen atoms in total. The van der Waals surface area contributed by atoms with Gasteiger partial charge in [-0.25, -0.2) is 9.78 Å². The average molecular weight is 635 g/mol. The summed E-state index contributed by atoms with van der Waals surface area (Å²) in [5.74, 6) is -1.42. The second-order valence-electron chi connectivity index (χ2n) is 13.1. The smallest absolute Gasteiger partial charge is 0.417 e. The molecule has 248 valence electrons. The molecule has 3 heterocycles. The van der Waals surface area contributed by atoms with E-state index in [0.717, 1.165) is 36.2 Å². The van der Waals surface area contributed by atoms with E-state index >= 15 is 0 Å². The molecule has 45 heavy (non-hydrogen) atoms. The van der Waals surface area contributed by atoms with E-state index in [-0.39, 0.29) is 36.5 Å². The van der Waals surface area contributed by atoms with Gasteiger partial charge in [0.1, 0.15) is 12.1 Å². The molecule has 1 aromatic heterocycles. The molecule has 1 amide bonds. The van der Waals surface area contributed by atoms with Crippen LogP contribution in [0.4, 0.5) is 13.2 Å². The van der Waals surface area contributed by atoms with Gasteiger partial charge in [-0.3, -0.25) is 4.79 Å². The highest BCUT2D eigenvalue weighted by molar-refractivity contribution is 5.89. The van der Waals surface area contributed by atoms with Crippen LogP contribution < -0.4 is 4.74 Å². The van der Waals surface area contributed by atoms with Gasteiger partial charge in [0.2, 0.25) is 5.88 Å². The second kappa shape index (κ2) is 14.1. The summed E-state index contributed by atoms with van der Waals surface area (Å²) < 4.78 is 64.5. The number of halogens is 3. The Hall–Kier alpha value is -3.18. The van der Waals surface area contributed by atoms with E-state index in [0.29, 0.717) is 13.0 Å². The molecule has 0 spiro atoms. The van der Waals surface area contributed by atoms with Crippen LogP contribution in [-0.2, 0) is 36.6 Å². The normalized spacial score (nSPS) is 24.2. The zero-order chi connectivity index (χ0) is 33.1. The van der Waals surface area contributed by atoms with E-state index < -0.39 is 53.3 Å². The SMILES string of the molecule is CCOC(=O)[C@@H]1[C@@H](C(C)(C)C)[C@H](OCc2cc(C(F)(F)F)cnc2OC)[C@H](c2ccccc2C(C)C)N1C(=O)[C@H]1CCCCO1. The third kappa shape index (κ3) is 7.46. The number of hydrogen-bond donors (Lipinski definition) is 0. The number of alkyl halides is 3. The lowest BCUT2D eigenvalue weighted by Gasteiger charge is -2.36. The van der Waals surface area contributed by atoms with Crippen molar-refractivity contribution in [3.8, 4) is 5.88 Å². The molecule has 0 bridgehead atoms. The molecule has 4 rings (SSSR count). The molecule has 2 fully saturated rings. The Morgan fingerprint density at radius 2 is 1.84 bits per heavy atom.